The second-order valence-corrected chi connectivity index (χ2v) is 9.81. The molecule has 1 saturated carbocycles. The zero-order chi connectivity index (χ0) is 24.2. The van der Waals surface area contributed by atoms with E-state index in [2.05, 4.69) is 18.4 Å². The van der Waals surface area contributed by atoms with Crippen LogP contribution in [-0.2, 0) is 9.59 Å². The third kappa shape index (κ3) is 6.35. The fourth-order valence-electron chi connectivity index (χ4n) is 4.82. The minimum Gasteiger partial charge on any atom is -0.480 e. The van der Waals surface area contributed by atoms with E-state index in [1.807, 2.05) is 31.2 Å². The lowest BCUT2D eigenvalue weighted by Gasteiger charge is -2.32. The molecule has 5 unspecified atom stereocenters. The maximum Gasteiger partial charge on any atom is 0.455 e. The van der Waals surface area contributed by atoms with E-state index in [9.17, 15) is 24.7 Å². The highest BCUT2D eigenvalue weighted by atomic mass is 16.4. The summed E-state index contributed by atoms with van der Waals surface area (Å²) in [6, 6.07) is 0. The number of carbonyl (C=O) groups is 2. The molecule has 0 heterocycles. The zero-order valence-electron chi connectivity index (χ0n) is 19.2. The summed E-state index contributed by atoms with van der Waals surface area (Å²) in [5.74, 6) is 2.87. The van der Waals surface area contributed by atoms with Gasteiger partial charge in [-0.2, -0.15) is 0 Å². The van der Waals surface area contributed by atoms with E-state index in [0.717, 1.165) is 18.4 Å². The summed E-state index contributed by atoms with van der Waals surface area (Å²) in [6.45, 7) is 5.71. The van der Waals surface area contributed by atoms with Crippen LogP contribution >= 0.6 is 0 Å². The lowest BCUT2D eigenvalue weighted by Crippen LogP contribution is -2.33. The summed E-state index contributed by atoms with van der Waals surface area (Å²) in [6.07, 6.45) is 13.3. The molecule has 3 aliphatic rings. The number of Topliss-reactive ketones (excluding diaryl/α,β-unsaturated/α-hetero) is 1. The van der Waals surface area contributed by atoms with Crippen LogP contribution < -0.4 is 5.73 Å². The maximum atomic E-state index is 13.1. The third-order valence-electron chi connectivity index (χ3n) is 7.39. The highest BCUT2D eigenvalue weighted by Crippen LogP contribution is 2.41. The van der Waals surface area contributed by atoms with Crippen LogP contribution in [0, 0.1) is 35.5 Å². The zero-order valence-corrected chi connectivity index (χ0v) is 19.2. The normalized spacial score (nSPS) is 29.1. The van der Waals surface area contributed by atoms with Gasteiger partial charge >= 0.3 is 13.1 Å². The van der Waals surface area contributed by atoms with Crippen LogP contribution in [0.2, 0.25) is 5.82 Å². The SMILES string of the molecule is C=CC1CC#CC(C(=O)O)C(C)C(CC(CC(=O)C2=CC=C(C3(N)CC3)C=CC2)B(O)O)C1. The average Bonchev–Trinajstić information content (AvgIpc) is 3.54. The van der Waals surface area contributed by atoms with Crippen molar-refractivity contribution < 1.29 is 24.7 Å². The van der Waals surface area contributed by atoms with Crippen LogP contribution in [0.1, 0.15) is 51.9 Å². The molecule has 6 nitrogen and oxygen atoms in total. The van der Waals surface area contributed by atoms with Crippen LogP contribution in [0.4, 0.5) is 0 Å². The van der Waals surface area contributed by atoms with Crippen LogP contribution in [-0.4, -0.2) is 39.6 Å². The number of nitrogens with two attached hydrogens (primary N) is 1. The van der Waals surface area contributed by atoms with Gasteiger partial charge in [0.25, 0.3) is 0 Å². The van der Waals surface area contributed by atoms with Gasteiger partial charge in [-0.15, -0.1) is 12.5 Å². The van der Waals surface area contributed by atoms with E-state index in [-0.39, 0.29) is 35.5 Å². The molecule has 0 radical (unpaired) electrons. The Balaban J connectivity index is 1.74. The highest BCUT2D eigenvalue weighted by molar-refractivity contribution is 6.43. The topological polar surface area (TPSA) is 121 Å². The van der Waals surface area contributed by atoms with Crippen molar-refractivity contribution in [3.05, 3.63) is 48.1 Å². The number of ketones is 1. The van der Waals surface area contributed by atoms with Gasteiger partial charge in [-0.1, -0.05) is 43.2 Å². The summed E-state index contributed by atoms with van der Waals surface area (Å²) in [4.78, 5) is 24.8. The predicted molar refractivity (Wildman–Crippen MR) is 129 cm³/mol. The van der Waals surface area contributed by atoms with Crippen molar-refractivity contribution in [2.45, 2.75) is 63.2 Å². The summed E-state index contributed by atoms with van der Waals surface area (Å²) >= 11 is 0. The molecule has 33 heavy (non-hydrogen) atoms. The molecular formula is C26H34BNO5. The van der Waals surface area contributed by atoms with E-state index >= 15 is 0 Å². The molecule has 3 rings (SSSR count). The molecule has 0 spiro atoms. The Labute approximate surface area is 196 Å². The summed E-state index contributed by atoms with van der Waals surface area (Å²) in [7, 11) is -1.67. The van der Waals surface area contributed by atoms with Gasteiger partial charge in [-0.25, -0.2) is 0 Å². The smallest absolute Gasteiger partial charge is 0.455 e. The molecule has 0 saturated heterocycles. The molecule has 0 aromatic carbocycles. The number of carboxylic acids is 1. The second-order valence-electron chi connectivity index (χ2n) is 9.81. The highest BCUT2D eigenvalue weighted by Gasteiger charge is 2.41. The molecule has 3 aliphatic carbocycles. The van der Waals surface area contributed by atoms with Crippen LogP contribution in [0.3, 0.4) is 0 Å². The van der Waals surface area contributed by atoms with Crippen molar-refractivity contribution in [1.29, 1.82) is 0 Å². The number of allylic oxidation sites excluding steroid dienone is 5. The van der Waals surface area contributed by atoms with E-state index in [1.54, 1.807) is 6.08 Å². The van der Waals surface area contributed by atoms with Gasteiger partial charge in [0.2, 0.25) is 0 Å². The first-order chi connectivity index (χ1) is 15.6. The minimum atomic E-state index is -1.67. The first-order valence-electron chi connectivity index (χ1n) is 11.7. The lowest BCUT2D eigenvalue weighted by molar-refractivity contribution is -0.142. The first-order valence-corrected chi connectivity index (χ1v) is 11.7. The minimum absolute atomic E-state index is 0.0142. The van der Waals surface area contributed by atoms with Crippen LogP contribution in [0.5, 0.6) is 0 Å². The Kier molecular flexibility index (Phi) is 8.17. The van der Waals surface area contributed by atoms with Crippen molar-refractivity contribution in [3.8, 4) is 11.8 Å². The second kappa shape index (κ2) is 10.7. The average molecular weight is 451 g/mol. The van der Waals surface area contributed by atoms with Crippen LogP contribution in [0.15, 0.2) is 48.1 Å². The molecule has 0 bridgehead atoms. The van der Waals surface area contributed by atoms with Crippen molar-refractivity contribution in [3.63, 3.8) is 0 Å². The van der Waals surface area contributed by atoms with E-state index < -0.39 is 24.8 Å². The number of aliphatic carboxylic acids is 1. The van der Waals surface area contributed by atoms with E-state index in [4.69, 9.17) is 5.73 Å². The standard InChI is InChI=1S/C26H34BNO5/c1-3-18-6-4-9-23(25(30)31)17(2)20(14-18)15-22(27(32)33)16-24(29)19-7-5-8-21(11-10-19)26(28)12-13-26/h3,5,8,10-11,17-18,20,22-23,32-33H,1,6-7,12-16,28H2,2H3,(H,30,31). The number of rotatable bonds is 9. The molecule has 0 amide bonds. The van der Waals surface area contributed by atoms with Crippen molar-refractivity contribution in [1.82, 2.24) is 0 Å². The Hall–Kier alpha value is -2.40. The van der Waals surface area contributed by atoms with Gasteiger partial charge in [0.1, 0.15) is 5.92 Å². The Morgan fingerprint density at radius 2 is 2.09 bits per heavy atom. The molecule has 0 aliphatic heterocycles. The van der Waals surface area contributed by atoms with Gasteiger partial charge in [-0.3, -0.25) is 9.59 Å². The fourth-order valence-corrected chi connectivity index (χ4v) is 4.82. The van der Waals surface area contributed by atoms with E-state index in [1.165, 1.54) is 0 Å². The molecule has 0 aromatic rings. The monoisotopic (exact) mass is 451 g/mol. The van der Waals surface area contributed by atoms with Gasteiger partial charge in [0.05, 0.1) is 0 Å². The number of hydrogen-bond acceptors (Lipinski definition) is 5. The molecule has 1 fully saturated rings. The van der Waals surface area contributed by atoms with Gasteiger partial charge in [0.15, 0.2) is 5.78 Å². The Morgan fingerprint density at radius 3 is 2.70 bits per heavy atom. The Morgan fingerprint density at radius 1 is 1.36 bits per heavy atom. The molecular weight excluding hydrogens is 417 g/mol. The maximum absolute atomic E-state index is 13.1. The number of carboxylic acid groups (broad SMARTS) is 1. The predicted octanol–water partition coefficient (Wildman–Crippen LogP) is 3.04. The van der Waals surface area contributed by atoms with Gasteiger partial charge < -0.3 is 20.9 Å². The Bertz CT molecular complexity index is 934. The summed E-state index contributed by atoms with van der Waals surface area (Å²) in [5, 5.41) is 29.8. The largest absolute Gasteiger partial charge is 0.480 e. The summed E-state index contributed by atoms with van der Waals surface area (Å²) < 4.78 is 0. The van der Waals surface area contributed by atoms with Crippen molar-refractivity contribution in [2.24, 2.45) is 29.4 Å². The quantitative estimate of drug-likeness (QED) is 0.243. The molecule has 7 heteroatoms. The molecule has 5 N–H and O–H groups in total. The number of carbonyl (C=O) groups excluding carboxylic acids is 1. The fraction of sp³-hybridized carbons (Fsp3) is 0.538. The summed E-state index contributed by atoms with van der Waals surface area (Å²) in [5.41, 5.74) is 7.62. The lowest BCUT2D eigenvalue weighted by atomic mass is 9.62. The number of hydrogen-bond donors (Lipinski definition) is 4. The van der Waals surface area contributed by atoms with E-state index in [0.29, 0.717) is 31.3 Å². The first kappa shape index (κ1) is 25.2. The molecule has 176 valence electrons. The van der Waals surface area contributed by atoms with Crippen molar-refractivity contribution >= 4 is 18.9 Å². The molecule has 0 aromatic heterocycles. The third-order valence-corrected chi connectivity index (χ3v) is 7.39. The molecule has 5 atom stereocenters. The van der Waals surface area contributed by atoms with Crippen LogP contribution in [0.25, 0.3) is 0 Å². The van der Waals surface area contributed by atoms with Crippen molar-refractivity contribution in [2.75, 3.05) is 0 Å². The van der Waals surface area contributed by atoms with Gasteiger partial charge in [-0.05, 0) is 61.0 Å². The van der Waals surface area contributed by atoms with Gasteiger partial charge in [0, 0.05) is 24.2 Å².